The van der Waals surface area contributed by atoms with Crippen LogP contribution in [-0.2, 0) is 6.54 Å². The third-order valence-electron chi connectivity index (χ3n) is 2.94. The minimum absolute atomic E-state index is 0.584. The number of benzene rings is 1. The molecule has 0 unspecified atom stereocenters. The SMILES string of the molecule is CC(C)CCn1nc(-c2ccc(Cl)cc2Cl)cc1N. The second-order valence-corrected chi connectivity index (χ2v) is 5.83. The van der Waals surface area contributed by atoms with Crippen molar-refractivity contribution in [1.29, 1.82) is 0 Å². The Labute approximate surface area is 123 Å². The molecule has 0 saturated carbocycles. The van der Waals surface area contributed by atoms with Crippen molar-refractivity contribution in [3.63, 3.8) is 0 Å². The van der Waals surface area contributed by atoms with E-state index in [1.54, 1.807) is 12.1 Å². The van der Waals surface area contributed by atoms with Gasteiger partial charge in [-0.2, -0.15) is 5.10 Å². The van der Waals surface area contributed by atoms with E-state index in [4.69, 9.17) is 28.9 Å². The fourth-order valence-corrected chi connectivity index (χ4v) is 2.32. The number of nitrogens with zero attached hydrogens (tertiary/aromatic N) is 2. The van der Waals surface area contributed by atoms with Crippen molar-refractivity contribution in [1.82, 2.24) is 9.78 Å². The Hall–Kier alpha value is -1.19. The van der Waals surface area contributed by atoms with E-state index in [-0.39, 0.29) is 0 Å². The molecule has 0 atom stereocenters. The van der Waals surface area contributed by atoms with Gasteiger partial charge in [-0.1, -0.05) is 37.0 Å². The van der Waals surface area contributed by atoms with Gasteiger partial charge in [-0.05, 0) is 30.5 Å². The zero-order chi connectivity index (χ0) is 14.0. The van der Waals surface area contributed by atoms with Gasteiger partial charge in [0.1, 0.15) is 5.82 Å². The average molecular weight is 298 g/mol. The molecule has 1 aromatic carbocycles. The lowest BCUT2D eigenvalue weighted by Crippen LogP contribution is -2.06. The summed E-state index contributed by atoms with van der Waals surface area (Å²) in [7, 11) is 0. The molecule has 0 spiro atoms. The summed E-state index contributed by atoms with van der Waals surface area (Å²) in [6, 6.07) is 7.21. The van der Waals surface area contributed by atoms with E-state index in [9.17, 15) is 0 Å². The third kappa shape index (κ3) is 3.43. The highest BCUT2D eigenvalue weighted by Gasteiger charge is 2.11. The van der Waals surface area contributed by atoms with Crippen molar-refractivity contribution < 1.29 is 0 Å². The van der Waals surface area contributed by atoms with Crippen molar-refractivity contribution in [2.75, 3.05) is 5.73 Å². The number of aryl methyl sites for hydroxylation is 1. The highest BCUT2D eigenvalue weighted by Crippen LogP contribution is 2.30. The van der Waals surface area contributed by atoms with Crippen LogP contribution in [0, 0.1) is 5.92 Å². The lowest BCUT2D eigenvalue weighted by molar-refractivity contribution is 0.492. The van der Waals surface area contributed by atoms with Crippen LogP contribution in [0.4, 0.5) is 5.82 Å². The van der Waals surface area contributed by atoms with Crippen LogP contribution in [-0.4, -0.2) is 9.78 Å². The monoisotopic (exact) mass is 297 g/mol. The number of hydrogen-bond donors (Lipinski definition) is 1. The molecule has 0 fully saturated rings. The number of rotatable bonds is 4. The summed E-state index contributed by atoms with van der Waals surface area (Å²) < 4.78 is 1.82. The molecule has 1 aromatic heterocycles. The van der Waals surface area contributed by atoms with E-state index < -0.39 is 0 Å². The minimum Gasteiger partial charge on any atom is -0.384 e. The first-order chi connectivity index (χ1) is 8.97. The Morgan fingerprint density at radius 3 is 2.63 bits per heavy atom. The molecule has 0 amide bonds. The lowest BCUT2D eigenvalue weighted by Gasteiger charge is -2.06. The molecule has 0 saturated heterocycles. The zero-order valence-corrected chi connectivity index (χ0v) is 12.5. The number of nitrogen functional groups attached to an aromatic ring is 1. The minimum atomic E-state index is 0.584. The predicted octanol–water partition coefficient (Wildman–Crippen LogP) is 4.49. The Kier molecular flexibility index (Phi) is 4.38. The number of anilines is 1. The summed E-state index contributed by atoms with van der Waals surface area (Å²) in [4.78, 5) is 0. The van der Waals surface area contributed by atoms with Crippen LogP contribution >= 0.6 is 23.2 Å². The molecule has 0 aliphatic rings. The molecule has 0 radical (unpaired) electrons. The maximum absolute atomic E-state index is 6.18. The van der Waals surface area contributed by atoms with Crippen LogP contribution in [0.3, 0.4) is 0 Å². The zero-order valence-electron chi connectivity index (χ0n) is 11.0. The summed E-state index contributed by atoms with van der Waals surface area (Å²) >= 11 is 12.1. The van der Waals surface area contributed by atoms with E-state index in [0.717, 1.165) is 24.2 Å². The topological polar surface area (TPSA) is 43.8 Å². The first-order valence-corrected chi connectivity index (χ1v) is 7.01. The Morgan fingerprint density at radius 1 is 1.26 bits per heavy atom. The van der Waals surface area contributed by atoms with Crippen molar-refractivity contribution in [2.45, 2.75) is 26.8 Å². The second kappa shape index (κ2) is 5.85. The maximum atomic E-state index is 6.18. The third-order valence-corrected chi connectivity index (χ3v) is 3.48. The van der Waals surface area contributed by atoms with Crippen molar-refractivity contribution in [3.8, 4) is 11.3 Å². The van der Waals surface area contributed by atoms with Gasteiger partial charge in [0.15, 0.2) is 0 Å². The van der Waals surface area contributed by atoms with Crippen molar-refractivity contribution >= 4 is 29.0 Å². The van der Waals surface area contributed by atoms with Gasteiger partial charge in [0.25, 0.3) is 0 Å². The quantitative estimate of drug-likeness (QED) is 0.904. The molecule has 5 heteroatoms. The maximum Gasteiger partial charge on any atom is 0.122 e. The molecule has 0 bridgehead atoms. The van der Waals surface area contributed by atoms with Gasteiger partial charge in [0.2, 0.25) is 0 Å². The van der Waals surface area contributed by atoms with E-state index in [2.05, 4.69) is 18.9 Å². The van der Waals surface area contributed by atoms with Crippen LogP contribution in [0.2, 0.25) is 10.0 Å². The molecule has 3 nitrogen and oxygen atoms in total. The first-order valence-electron chi connectivity index (χ1n) is 6.26. The number of nitrogens with two attached hydrogens (primary N) is 1. The second-order valence-electron chi connectivity index (χ2n) is 4.98. The first kappa shape index (κ1) is 14.2. The fourth-order valence-electron chi connectivity index (χ4n) is 1.82. The molecule has 102 valence electrons. The van der Waals surface area contributed by atoms with Crippen LogP contribution in [0.15, 0.2) is 24.3 Å². The van der Waals surface area contributed by atoms with E-state index >= 15 is 0 Å². The van der Waals surface area contributed by atoms with Gasteiger partial charge in [-0.3, -0.25) is 0 Å². The molecule has 0 aliphatic heterocycles. The van der Waals surface area contributed by atoms with Gasteiger partial charge in [-0.25, -0.2) is 4.68 Å². The number of halogens is 2. The van der Waals surface area contributed by atoms with Crippen LogP contribution < -0.4 is 5.73 Å². The van der Waals surface area contributed by atoms with Gasteiger partial charge in [0.05, 0.1) is 10.7 Å². The smallest absolute Gasteiger partial charge is 0.122 e. The predicted molar refractivity (Wildman–Crippen MR) is 81.6 cm³/mol. The summed E-state index contributed by atoms with van der Waals surface area (Å²) in [6.07, 6.45) is 1.04. The van der Waals surface area contributed by atoms with E-state index in [1.807, 2.05) is 16.8 Å². The Bertz CT molecular complexity index is 576. The molecule has 2 aromatic rings. The summed E-state index contributed by atoms with van der Waals surface area (Å²) in [5.74, 6) is 1.27. The van der Waals surface area contributed by atoms with Crippen LogP contribution in [0.5, 0.6) is 0 Å². The van der Waals surface area contributed by atoms with Crippen molar-refractivity contribution in [2.24, 2.45) is 5.92 Å². The highest BCUT2D eigenvalue weighted by molar-refractivity contribution is 6.36. The van der Waals surface area contributed by atoms with Gasteiger partial charge in [-0.15, -0.1) is 0 Å². The molecule has 1 heterocycles. The van der Waals surface area contributed by atoms with Gasteiger partial charge in [0, 0.05) is 23.2 Å². The van der Waals surface area contributed by atoms with Crippen LogP contribution in [0.25, 0.3) is 11.3 Å². The molecular formula is C14H17Cl2N3. The van der Waals surface area contributed by atoms with E-state index in [0.29, 0.717) is 21.8 Å². The van der Waals surface area contributed by atoms with Crippen LogP contribution in [0.1, 0.15) is 20.3 Å². The van der Waals surface area contributed by atoms with Crippen molar-refractivity contribution in [3.05, 3.63) is 34.3 Å². The van der Waals surface area contributed by atoms with Gasteiger partial charge < -0.3 is 5.73 Å². The van der Waals surface area contributed by atoms with Gasteiger partial charge >= 0.3 is 0 Å². The lowest BCUT2D eigenvalue weighted by atomic mass is 10.1. The highest BCUT2D eigenvalue weighted by atomic mass is 35.5. The number of hydrogen-bond acceptors (Lipinski definition) is 2. The molecular weight excluding hydrogens is 281 g/mol. The molecule has 2 N–H and O–H groups in total. The average Bonchev–Trinajstić information content (AvgIpc) is 2.67. The molecule has 2 rings (SSSR count). The Morgan fingerprint density at radius 2 is 2.00 bits per heavy atom. The Balaban J connectivity index is 2.28. The van der Waals surface area contributed by atoms with E-state index in [1.165, 1.54) is 0 Å². The summed E-state index contributed by atoms with van der Waals surface area (Å²) in [5.41, 5.74) is 7.60. The molecule has 0 aliphatic carbocycles. The largest absolute Gasteiger partial charge is 0.384 e. The summed E-state index contributed by atoms with van der Waals surface area (Å²) in [6.45, 7) is 5.17. The normalized spacial score (nSPS) is 11.2. The number of aromatic nitrogens is 2. The summed E-state index contributed by atoms with van der Waals surface area (Å²) in [5, 5.41) is 5.70. The fraction of sp³-hybridized carbons (Fsp3) is 0.357. The standard InChI is InChI=1S/C14H17Cl2N3/c1-9(2)5-6-19-14(17)8-13(18-19)11-4-3-10(15)7-12(11)16/h3-4,7-9H,5-6,17H2,1-2H3. The molecule has 19 heavy (non-hydrogen) atoms.